The first-order valence-corrected chi connectivity index (χ1v) is 8.39. The molecule has 0 spiro atoms. The van der Waals surface area contributed by atoms with Crippen molar-refractivity contribution in [1.29, 1.82) is 0 Å². The van der Waals surface area contributed by atoms with E-state index in [2.05, 4.69) is 5.32 Å². The van der Waals surface area contributed by atoms with Crippen LogP contribution in [-0.2, 0) is 15.0 Å². The van der Waals surface area contributed by atoms with Crippen LogP contribution in [0.25, 0.3) is 0 Å². The number of rotatable bonds is 5. The van der Waals surface area contributed by atoms with Crippen LogP contribution in [0.3, 0.4) is 0 Å². The third-order valence-electron chi connectivity index (χ3n) is 5.59. The number of carboxylic acid groups (broad SMARTS) is 1. The number of aliphatic carboxylic acids is 1. The van der Waals surface area contributed by atoms with Crippen LogP contribution < -0.4 is 5.32 Å². The highest BCUT2D eigenvalue weighted by atomic mass is 19.1. The summed E-state index contributed by atoms with van der Waals surface area (Å²) in [7, 11) is 0. The van der Waals surface area contributed by atoms with E-state index in [1.54, 1.807) is 0 Å². The summed E-state index contributed by atoms with van der Waals surface area (Å²) in [6.07, 6.45) is 4.39. The number of nitrogens with one attached hydrogen (secondary N) is 1. The average Bonchev–Trinajstić information content (AvgIpc) is 2.93. The molecule has 2 aliphatic carbocycles. The van der Waals surface area contributed by atoms with E-state index in [4.69, 9.17) is 5.11 Å². The number of hydrogen-bond donors (Lipinski definition) is 2. The van der Waals surface area contributed by atoms with Crippen molar-refractivity contribution in [2.24, 2.45) is 11.8 Å². The van der Waals surface area contributed by atoms with Crippen LogP contribution in [0.1, 0.15) is 44.1 Å². The van der Waals surface area contributed by atoms with Gasteiger partial charge in [0.05, 0.1) is 11.8 Å². The number of carbonyl (C=O) groups excluding carboxylic acids is 1. The van der Waals surface area contributed by atoms with Crippen molar-refractivity contribution in [3.05, 3.63) is 35.4 Å². The molecule has 0 bridgehead atoms. The summed E-state index contributed by atoms with van der Waals surface area (Å²) in [5, 5.41) is 11.9. The van der Waals surface area contributed by atoms with Gasteiger partial charge in [0.2, 0.25) is 5.91 Å². The zero-order valence-corrected chi connectivity index (χ0v) is 13.4. The van der Waals surface area contributed by atoms with E-state index in [0.29, 0.717) is 18.4 Å². The molecule has 0 heterocycles. The van der Waals surface area contributed by atoms with E-state index >= 15 is 0 Å². The average molecular weight is 337 g/mol. The molecular formula is C18H21F2NO3. The number of carboxylic acids is 1. The minimum absolute atomic E-state index is 0.261. The molecule has 2 unspecified atom stereocenters. The van der Waals surface area contributed by atoms with Crippen molar-refractivity contribution in [1.82, 2.24) is 5.32 Å². The molecule has 0 saturated heterocycles. The van der Waals surface area contributed by atoms with Gasteiger partial charge >= 0.3 is 5.97 Å². The van der Waals surface area contributed by atoms with E-state index < -0.39 is 34.9 Å². The second-order valence-electron chi connectivity index (χ2n) is 6.96. The predicted octanol–water partition coefficient (Wildman–Crippen LogP) is 3.00. The highest BCUT2D eigenvalue weighted by Crippen LogP contribution is 2.42. The van der Waals surface area contributed by atoms with E-state index in [0.717, 1.165) is 31.7 Å². The summed E-state index contributed by atoms with van der Waals surface area (Å²) < 4.78 is 27.4. The Kier molecular flexibility index (Phi) is 4.56. The Hall–Kier alpha value is -1.98. The molecular weight excluding hydrogens is 316 g/mol. The van der Waals surface area contributed by atoms with Gasteiger partial charge in [-0.25, -0.2) is 8.78 Å². The summed E-state index contributed by atoms with van der Waals surface area (Å²) in [6.45, 7) is 0.261. The normalized spacial score (nSPS) is 25.1. The molecule has 0 radical (unpaired) electrons. The second-order valence-corrected chi connectivity index (χ2v) is 6.96. The van der Waals surface area contributed by atoms with Crippen molar-refractivity contribution >= 4 is 11.9 Å². The molecule has 2 atom stereocenters. The Labute approximate surface area is 139 Å². The molecule has 24 heavy (non-hydrogen) atoms. The third-order valence-corrected chi connectivity index (χ3v) is 5.59. The van der Waals surface area contributed by atoms with E-state index in [9.17, 15) is 18.4 Å². The van der Waals surface area contributed by atoms with E-state index in [1.165, 1.54) is 12.1 Å². The molecule has 1 aromatic carbocycles. The van der Waals surface area contributed by atoms with Crippen LogP contribution in [-0.4, -0.2) is 23.5 Å². The maximum Gasteiger partial charge on any atom is 0.307 e. The SMILES string of the molecule is O=C(O)C1CCC1C(=O)NCC1(c2ccc(F)cc2F)CCCC1. The molecule has 0 aromatic heterocycles. The summed E-state index contributed by atoms with van der Waals surface area (Å²) >= 11 is 0. The van der Waals surface area contributed by atoms with Crippen LogP contribution in [0, 0.1) is 23.5 Å². The molecule has 2 saturated carbocycles. The summed E-state index contributed by atoms with van der Waals surface area (Å²) in [4.78, 5) is 23.3. The third kappa shape index (κ3) is 3.01. The molecule has 2 fully saturated rings. The van der Waals surface area contributed by atoms with Gasteiger partial charge in [-0.2, -0.15) is 0 Å². The Balaban J connectivity index is 1.73. The van der Waals surface area contributed by atoms with Crippen LogP contribution in [0.5, 0.6) is 0 Å². The fourth-order valence-electron chi connectivity index (χ4n) is 4.01. The molecule has 0 aliphatic heterocycles. The first-order chi connectivity index (χ1) is 11.4. The molecule has 4 nitrogen and oxygen atoms in total. The highest BCUT2D eigenvalue weighted by Gasteiger charge is 2.43. The monoisotopic (exact) mass is 337 g/mol. The van der Waals surface area contributed by atoms with E-state index in [1.807, 2.05) is 0 Å². The van der Waals surface area contributed by atoms with Gasteiger partial charge in [-0.1, -0.05) is 18.9 Å². The smallest absolute Gasteiger partial charge is 0.307 e. The van der Waals surface area contributed by atoms with Gasteiger partial charge < -0.3 is 10.4 Å². The summed E-state index contributed by atoms with van der Waals surface area (Å²) in [5.74, 6) is -3.54. The van der Waals surface area contributed by atoms with Gasteiger partial charge in [-0.3, -0.25) is 9.59 Å². The van der Waals surface area contributed by atoms with Crippen molar-refractivity contribution in [2.75, 3.05) is 6.54 Å². The molecule has 2 aliphatic rings. The molecule has 3 rings (SSSR count). The van der Waals surface area contributed by atoms with Crippen molar-refractivity contribution in [2.45, 2.75) is 43.9 Å². The van der Waals surface area contributed by atoms with Crippen molar-refractivity contribution in [3.8, 4) is 0 Å². The van der Waals surface area contributed by atoms with Crippen molar-refractivity contribution < 1.29 is 23.5 Å². The van der Waals surface area contributed by atoms with Crippen LogP contribution >= 0.6 is 0 Å². The van der Waals surface area contributed by atoms with Crippen molar-refractivity contribution in [3.63, 3.8) is 0 Å². The van der Waals surface area contributed by atoms with Gasteiger partial charge in [0.25, 0.3) is 0 Å². The number of amides is 1. The first-order valence-electron chi connectivity index (χ1n) is 8.39. The number of halogens is 2. The fraction of sp³-hybridized carbons (Fsp3) is 0.556. The highest BCUT2D eigenvalue weighted by molar-refractivity contribution is 5.86. The lowest BCUT2D eigenvalue weighted by atomic mass is 9.72. The summed E-state index contributed by atoms with van der Waals surface area (Å²) in [5.41, 5.74) is -0.0966. The Morgan fingerprint density at radius 2 is 1.83 bits per heavy atom. The maximum absolute atomic E-state index is 14.2. The zero-order chi connectivity index (χ0) is 17.3. The fourth-order valence-corrected chi connectivity index (χ4v) is 4.01. The van der Waals surface area contributed by atoms with Crippen LogP contribution in [0.15, 0.2) is 18.2 Å². The van der Waals surface area contributed by atoms with Gasteiger partial charge in [0.15, 0.2) is 0 Å². The maximum atomic E-state index is 14.2. The largest absolute Gasteiger partial charge is 0.481 e. The minimum Gasteiger partial charge on any atom is -0.481 e. The summed E-state index contributed by atoms with van der Waals surface area (Å²) in [6, 6.07) is 3.59. The van der Waals surface area contributed by atoms with Gasteiger partial charge in [-0.05, 0) is 37.3 Å². The molecule has 2 N–H and O–H groups in total. The Morgan fingerprint density at radius 3 is 2.38 bits per heavy atom. The second kappa shape index (κ2) is 6.49. The topological polar surface area (TPSA) is 66.4 Å². The van der Waals surface area contributed by atoms with Gasteiger partial charge in [-0.15, -0.1) is 0 Å². The molecule has 130 valence electrons. The quantitative estimate of drug-likeness (QED) is 0.868. The predicted molar refractivity (Wildman–Crippen MR) is 83.4 cm³/mol. The number of carbonyl (C=O) groups is 2. The zero-order valence-electron chi connectivity index (χ0n) is 13.4. The van der Waals surface area contributed by atoms with Crippen LogP contribution in [0.4, 0.5) is 8.78 Å². The lowest BCUT2D eigenvalue weighted by Gasteiger charge is -2.35. The molecule has 6 heteroatoms. The van der Waals surface area contributed by atoms with Gasteiger partial charge in [0.1, 0.15) is 11.6 Å². The molecule has 1 aromatic rings. The Morgan fingerprint density at radius 1 is 1.17 bits per heavy atom. The lowest BCUT2D eigenvalue weighted by Crippen LogP contribution is -2.47. The lowest BCUT2D eigenvalue weighted by molar-refractivity contribution is -0.152. The minimum atomic E-state index is -0.943. The van der Waals surface area contributed by atoms with E-state index in [-0.39, 0.29) is 12.5 Å². The number of hydrogen-bond acceptors (Lipinski definition) is 2. The first kappa shape index (κ1) is 16.9. The Bertz CT molecular complexity index is 656. The standard InChI is InChI=1S/C18H21F2NO3/c19-11-3-6-14(15(20)9-11)18(7-1-2-8-18)10-21-16(22)12-4-5-13(12)17(23)24/h3,6,9,12-13H,1-2,4-5,7-8,10H2,(H,21,22)(H,23,24). The molecule has 1 amide bonds. The number of benzene rings is 1. The van der Waals surface area contributed by atoms with Gasteiger partial charge in [0, 0.05) is 18.0 Å². The van der Waals surface area contributed by atoms with Crippen LogP contribution in [0.2, 0.25) is 0 Å².